The predicted octanol–water partition coefficient (Wildman–Crippen LogP) is 7.55. The zero-order chi connectivity index (χ0) is 48.9. The Morgan fingerprint density at radius 1 is 0.478 bits per heavy atom. The molecule has 15 nitrogen and oxygen atoms in total. The molecule has 2 rings (SSSR count). The van der Waals surface area contributed by atoms with Crippen molar-refractivity contribution in [3.05, 3.63) is 24.3 Å². The van der Waals surface area contributed by atoms with Gasteiger partial charge in [0, 0.05) is 12.8 Å². The Labute approximate surface area is 403 Å². The number of carbonyl (C=O) groups is 2. The Kier molecular flexibility index (Phi) is 36.2. The van der Waals surface area contributed by atoms with Gasteiger partial charge >= 0.3 is 11.9 Å². The van der Waals surface area contributed by atoms with Gasteiger partial charge < -0.3 is 64.2 Å². The van der Waals surface area contributed by atoms with E-state index in [1.54, 1.807) is 0 Å². The molecule has 2 aliphatic rings. The Morgan fingerprint density at radius 3 is 1.42 bits per heavy atom. The summed E-state index contributed by atoms with van der Waals surface area (Å²) in [7, 11) is 0. The molecule has 2 aliphatic heterocycles. The van der Waals surface area contributed by atoms with E-state index in [1.165, 1.54) is 103 Å². The Balaban J connectivity index is 1.79. The fourth-order valence-electron chi connectivity index (χ4n) is 8.31. The Bertz CT molecular complexity index is 1270. The van der Waals surface area contributed by atoms with Crippen LogP contribution in [-0.2, 0) is 38.0 Å². The van der Waals surface area contributed by atoms with E-state index < -0.39 is 92.7 Å². The van der Waals surface area contributed by atoms with Crippen LogP contribution in [0.4, 0.5) is 0 Å². The fourth-order valence-corrected chi connectivity index (χ4v) is 8.31. The van der Waals surface area contributed by atoms with Gasteiger partial charge in [0.25, 0.3) is 0 Å². The maximum Gasteiger partial charge on any atom is 0.306 e. The van der Waals surface area contributed by atoms with Crippen LogP contribution in [0.25, 0.3) is 0 Å². The number of rotatable bonds is 41. The van der Waals surface area contributed by atoms with Crippen LogP contribution >= 0.6 is 0 Å². The molecule has 2 heterocycles. The number of carbonyl (C=O) groups excluding carboxylic acids is 2. The molecule has 392 valence electrons. The molecule has 0 aliphatic carbocycles. The van der Waals surface area contributed by atoms with E-state index in [0.717, 1.165) is 57.8 Å². The van der Waals surface area contributed by atoms with Crippen molar-refractivity contribution in [3.63, 3.8) is 0 Å². The van der Waals surface area contributed by atoms with Crippen LogP contribution in [0.1, 0.15) is 200 Å². The topological polar surface area (TPSA) is 231 Å². The second-order valence-corrected chi connectivity index (χ2v) is 18.7. The van der Waals surface area contributed by atoms with Crippen molar-refractivity contribution < 1.29 is 73.8 Å². The number of hydrogen-bond acceptors (Lipinski definition) is 15. The van der Waals surface area contributed by atoms with E-state index in [4.69, 9.17) is 28.4 Å². The first-order valence-electron chi connectivity index (χ1n) is 26.4. The minimum absolute atomic E-state index is 0.163. The van der Waals surface area contributed by atoms with Gasteiger partial charge in [-0.1, -0.05) is 167 Å². The van der Waals surface area contributed by atoms with Gasteiger partial charge in [-0.2, -0.15) is 0 Å². The Hall–Kier alpha value is -2.02. The van der Waals surface area contributed by atoms with E-state index in [2.05, 4.69) is 38.2 Å². The first-order chi connectivity index (χ1) is 32.5. The lowest BCUT2D eigenvalue weighted by Gasteiger charge is -2.42. The highest BCUT2D eigenvalue weighted by Gasteiger charge is 2.47. The van der Waals surface area contributed by atoms with Crippen molar-refractivity contribution >= 4 is 11.9 Å². The minimum Gasteiger partial charge on any atom is -0.462 e. The van der Waals surface area contributed by atoms with Crippen molar-refractivity contribution in [2.75, 3.05) is 26.4 Å². The van der Waals surface area contributed by atoms with Crippen LogP contribution < -0.4 is 0 Å². The summed E-state index contributed by atoms with van der Waals surface area (Å²) in [6.45, 7) is 2.57. The van der Waals surface area contributed by atoms with Gasteiger partial charge in [-0.15, -0.1) is 0 Å². The summed E-state index contributed by atoms with van der Waals surface area (Å²) in [4.78, 5) is 25.8. The molecule has 4 unspecified atom stereocenters. The van der Waals surface area contributed by atoms with E-state index in [9.17, 15) is 45.3 Å². The molecule has 11 atom stereocenters. The van der Waals surface area contributed by atoms with Gasteiger partial charge in [0.15, 0.2) is 18.7 Å². The number of ether oxygens (including phenoxy) is 6. The fraction of sp³-hybridized carbons (Fsp3) is 0.885. The third-order valence-electron chi connectivity index (χ3n) is 12.7. The summed E-state index contributed by atoms with van der Waals surface area (Å²) in [5, 5.41) is 72.1. The summed E-state index contributed by atoms with van der Waals surface area (Å²) >= 11 is 0. The molecular weight excluding hydrogens is 865 g/mol. The van der Waals surface area contributed by atoms with Crippen molar-refractivity contribution in [1.82, 2.24) is 0 Å². The zero-order valence-corrected chi connectivity index (χ0v) is 41.4. The average Bonchev–Trinajstić information content (AvgIpc) is 3.32. The summed E-state index contributed by atoms with van der Waals surface area (Å²) in [5.41, 5.74) is 0. The number of unbranched alkanes of at least 4 members (excludes halogenated alkanes) is 23. The van der Waals surface area contributed by atoms with Gasteiger partial charge in [-0.05, 0) is 44.9 Å². The second kappa shape index (κ2) is 39.7. The van der Waals surface area contributed by atoms with Crippen LogP contribution in [-0.4, -0.2) is 142 Å². The summed E-state index contributed by atoms with van der Waals surface area (Å²) in [6.07, 6.45) is 23.4. The molecule has 0 spiro atoms. The van der Waals surface area contributed by atoms with Gasteiger partial charge in [0.05, 0.1) is 19.8 Å². The summed E-state index contributed by atoms with van der Waals surface area (Å²) < 4.78 is 33.6. The lowest BCUT2D eigenvalue weighted by Crippen LogP contribution is -2.61. The zero-order valence-electron chi connectivity index (χ0n) is 41.4. The molecule has 15 heteroatoms. The number of aliphatic hydroxyl groups is 7. The third-order valence-corrected chi connectivity index (χ3v) is 12.7. The summed E-state index contributed by atoms with van der Waals surface area (Å²) in [5.74, 6) is -0.923. The molecule has 2 saturated heterocycles. The smallest absolute Gasteiger partial charge is 0.306 e. The molecule has 67 heavy (non-hydrogen) atoms. The van der Waals surface area contributed by atoms with E-state index >= 15 is 0 Å². The van der Waals surface area contributed by atoms with Crippen LogP contribution in [0.15, 0.2) is 24.3 Å². The van der Waals surface area contributed by atoms with Gasteiger partial charge in [-0.3, -0.25) is 9.59 Å². The molecule has 0 bridgehead atoms. The van der Waals surface area contributed by atoms with Crippen molar-refractivity contribution in [3.8, 4) is 0 Å². The van der Waals surface area contributed by atoms with Gasteiger partial charge in [0.1, 0.15) is 55.4 Å². The maximum atomic E-state index is 13.0. The highest BCUT2D eigenvalue weighted by Crippen LogP contribution is 2.26. The quantitative estimate of drug-likeness (QED) is 0.0178. The molecule has 0 amide bonds. The SMILES string of the molecule is CCCCC/C=C/C/C=C/CCCCCCCCCCCC(=O)O[C@H](COC(=O)CCCCCCCCCCCCCC)CO[C@H]1O[C@@H](CO[C@H]2O[C@@H](CO)[C@@H](O)C(O)C2O)[C@@H](O)C(O)C1O. The predicted molar refractivity (Wildman–Crippen MR) is 257 cm³/mol. The van der Waals surface area contributed by atoms with Gasteiger partial charge in [0.2, 0.25) is 0 Å². The number of aliphatic hydroxyl groups excluding tert-OH is 7. The molecule has 0 saturated carbocycles. The average molecular weight is 959 g/mol. The van der Waals surface area contributed by atoms with Crippen LogP contribution in [0, 0.1) is 0 Å². The maximum absolute atomic E-state index is 13.0. The summed E-state index contributed by atoms with van der Waals surface area (Å²) in [6, 6.07) is 0. The van der Waals surface area contributed by atoms with Crippen LogP contribution in [0.5, 0.6) is 0 Å². The molecule has 7 N–H and O–H groups in total. The van der Waals surface area contributed by atoms with E-state index in [1.807, 2.05) is 0 Å². The number of hydrogen-bond donors (Lipinski definition) is 7. The largest absolute Gasteiger partial charge is 0.462 e. The van der Waals surface area contributed by atoms with E-state index in [-0.39, 0.29) is 26.1 Å². The normalized spacial score (nSPS) is 26.1. The van der Waals surface area contributed by atoms with Crippen LogP contribution in [0.2, 0.25) is 0 Å². The van der Waals surface area contributed by atoms with Crippen LogP contribution in [0.3, 0.4) is 0 Å². The van der Waals surface area contributed by atoms with Crippen molar-refractivity contribution in [2.45, 2.75) is 268 Å². The van der Waals surface area contributed by atoms with Gasteiger partial charge in [-0.25, -0.2) is 0 Å². The molecule has 2 fully saturated rings. The van der Waals surface area contributed by atoms with Crippen molar-refractivity contribution in [2.24, 2.45) is 0 Å². The first kappa shape index (κ1) is 61.1. The van der Waals surface area contributed by atoms with Crippen molar-refractivity contribution in [1.29, 1.82) is 0 Å². The Morgan fingerprint density at radius 2 is 0.896 bits per heavy atom. The minimum atomic E-state index is -1.76. The second-order valence-electron chi connectivity index (χ2n) is 18.7. The highest BCUT2D eigenvalue weighted by atomic mass is 16.7. The monoisotopic (exact) mass is 959 g/mol. The molecule has 0 aromatic rings. The molecular formula is C52H94O15. The molecule has 0 radical (unpaired) electrons. The molecule has 0 aromatic carbocycles. The first-order valence-corrected chi connectivity index (χ1v) is 26.4. The lowest BCUT2D eigenvalue weighted by molar-refractivity contribution is -0.332. The highest BCUT2D eigenvalue weighted by molar-refractivity contribution is 5.70. The number of esters is 2. The third kappa shape index (κ3) is 27.8. The number of allylic oxidation sites excluding steroid dienone is 4. The standard InChI is InChI=1S/C52H94O15/c1-3-5-7-9-11-13-15-17-18-19-20-21-22-23-25-27-29-31-33-35-44(55)65-40(37-62-43(54)34-32-30-28-26-24-16-14-12-10-8-6-4-2)38-63-51-50(61)48(59)46(57)42(67-51)39-64-52-49(60)47(58)45(56)41(36-53)66-52/h11,13,17-18,40-42,45-53,56-61H,3-10,12,14-16,19-39H2,1-2H3/b13-11+,18-17+/t40-,41+,42+,45-,46-,47?,48?,49?,50?,51+,52+/m1/s1. The van der Waals surface area contributed by atoms with E-state index in [0.29, 0.717) is 12.8 Å². The lowest BCUT2D eigenvalue weighted by atomic mass is 9.98. The molecule has 0 aromatic heterocycles.